The highest BCUT2D eigenvalue weighted by Crippen LogP contribution is 2.24. The van der Waals surface area contributed by atoms with Gasteiger partial charge >= 0.3 is 0 Å². The molecular formula is C2H5NOP2. The maximum atomic E-state index is 4.83. The van der Waals surface area contributed by atoms with Crippen LogP contribution in [0, 0.1) is 0 Å². The van der Waals surface area contributed by atoms with Crippen LogP contribution in [0.4, 0.5) is 0 Å². The zero-order valence-electron chi connectivity index (χ0n) is 3.16. The van der Waals surface area contributed by atoms with Crippen LogP contribution in [0.2, 0.25) is 0 Å². The second kappa shape index (κ2) is 1.97. The van der Waals surface area contributed by atoms with E-state index in [0.29, 0.717) is 5.85 Å². The number of ether oxygens (including phenoxy) is 1. The second-order valence-corrected chi connectivity index (χ2v) is 2.75. The quantitative estimate of drug-likeness (QED) is 0.378. The molecule has 1 heterocycles. The van der Waals surface area contributed by atoms with Crippen LogP contribution < -0.4 is 0 Å². The van der Waals surface area contributed by atoms with E-state index in [2.05, 4.69) is 13.9 Å². The Hall–Kier alpha value is 0.490. The summed E-state index contributed by atoms with van der Waals surface area (Å²) in [7, 11) is 3.35. The molecule has 2 atom stereocenters. The predicted octanol–water partition coefficient (Wildman–Crippen LogP) is 1.26. The summed E-state index contributed by atoms with van der Waals surface area (Å²) in [5.41, 5.74) is 0. The van der Waals surface area contributed by atoms with E-state index >= 15 is 0 Å². The van der Waals surface area contributed by atoms with Crippen LogP contribution in [-0.4, -0.2) is 12.5 Å². The summed E-state index contributed by atoms with van der Waals surface area (Å²) in [6.07, 6.45) is 0. The molecule has 2 nitrogen and oxygen atoms in total. The Bertz CT molecular complexity index is 69.9. The molecule has 1 aliphatic heterocycles. The van der Waals surface area contributed by atoms with E-state index in [1.54, 1.807) is 0 Å². The van der Waals surface area contributed by atoms with Crippen molar-refractivity contribution in [1.29, 1.82) is 0 Å². The molecule has 4 heteroatoms. The molecular weight excluding hydrogens is 116 g/mol. The van der Waals surface area contributed by atoms with E-state index in [9.17, 15) is 0 Å². The third-order valence-corrected chi connectivity index (χ3v) is 1.60. The normalized spacial score (nSPS) is 31.8. The number of hydrogen-bond donors (Lipinski definition) is 0. The van der Waals surface area contributed by atoms with Crippen molar-refractivity contribution < 1.29 is 4.74 Å². The van der Waals surface area contributed by atoms with E-state index in [-0.39, 0.29) is 0 Å². The molecule has 0 N–H and O–H groups in total. The van der Waals surface area contributed by atoms with Crippen molar-refractivity contribution in [2.24, 2.45) is 4.52 Å². The lowest BCUT2D eigenvalue weighted by Gasteiger charge is -1.64. The fourth-order valence-electron chi connectivity index (χ4n) is 0.184. The molecule has 0 aromatic rings. The second-order valence-electron chi connectivity index (χ2n) is 1.02. The maximum absolute atomic E-state index is 4.83. The Labute approximate surface area is 40.4 Å². The molecule has 1 fully saturated rings. The summed E-state index contributed by atoms with van der Waals surface area (Å²) in [6.45, 7) is 0.902. The summed E-state index contributed by atoms with van der Waals surface area (Å²) in [5, 5.41) is 0. The Morgan fingerprint density at radius 2 is 2.67 bits per heavy atom. The van der Waals surface area contributed by atoms with Crippen molar-refractivity contribution in [1.82, 2.24) is 0 Å². The molecule has 0 saturated carbocycles. The predicted molar refractivity (Wildman–Crippen MR) is 28.8 cm³/mol. The third-order valence-electron chi connectivity index (χ3n) is 0.511. The number of nitrogens with zero attached hydrogens (tertiary/aromatic N) is 1. The fourth-order valence-corrected chi connectivity index (χ4v) is 0.998. The zero-order chi connectivity index (χ0) is 4.41. The Kier molecular flexibility index (Phi) is 1.53. The average molecular weight is 121 g/mol. The molecule has 34 valence electrons. The van der Waals surface area contributed by atoms with Gasteiger partial charge in [-0.1, -0.05) is 0 Å². The number of epoxide rings is 1. The first-order valence-corrected chi connectivity index (χ1v) is 3.08. The zero-order valence-corrected chi connectivity index (χ0v) is 5.21. The lowest BCUT2D eigenvalue weighted by molar-refractivity contribution is 0.459. The van der Waals surface area contributed by atoms with Crippen LogP contribution in [0.25, 0.3) is 0 Å². The fraction of sp³-hybridized carbons (Fsp3) is 1.00. The highest BCUT2D eigenvalue weighted by molar-refractivity contribution is 7.35. The lowest BCUT2D eigenvalue weighted by atomic mass is 11.0. The molecule has 0 amide bonds. The van der Waals surface area contributed by atoms with Gasteiger partial charge in [-0.2, -0.15) is 0 Å². The SMILES string of the molecule is PN=PC1CO1. The molecule has 0 aromatic heterocycles. The number of rotatable bonds is 1. The first kappa shape index (κ1) is 4.64. The molecule has 0 aromatic carbocycles. The van der Waals surface area contributed by atoms with Crippen LogP contribution in [0.1, 0.15) is 0 Å². The van der Waals surface area contributed by atoms with Crippen molar-refractivity contribution in [2.75, 3.05) is 6.61 Å². The van der Waals surface area contributed by atoms with E-state index in [1.165, 1.54) is 0 Å². The molecule has 1 rings (SSSR count). The van der Waals surface area contributed by atoms with Gasteiger partial charge in [0.2, 0.25) is 0 Å². The van der Waals surface area contributed by atoms with E-state index in [0.717, 1.165) is 15.0 Å². The van der Waals surface area contributed by atoms with Crippen LogP contribution in [0.5, 0.6) is 0 Å². The minimum Gasteiger partial charge on any atom is -0.362 e. The number of hydrogen-bond acceptors (Lipinski definition) is 2. The molecule has 2 unspecified atom stereocenters. The van der Waals surface area contributed by atoms with Gasteiger partial charge in [0.25, 0.3) is 0 Å². The van der Waals surface area contributed by atoms with Gasteiger partial charge in [-0.3, -0.25) is 0 Å². The smallest absolute Gasteiger partial charge is 0.140 e. The minimum absolute atomic E-state index is 0.433. The topological polar surface area (TPSA) is 24.9 Å². The van der Waals surface area contributed by atoms with Crippen molar-refractivity contribution in [3.63, 3.8) is 0 Å². The van der Waals surface area contributed by atoms with Crippen LogP contribution >= 0.6 is 17.8 Å². The Morgan fingerprint density at radius 1 is 2.00 bits per heavy atom. The van der Waals surface area contributed by atoms with Gasteiger partial charge in [-0.05, 0) is 9.39 Å². The molecule has 0 spiro atoms. The Morgan fingerprint density at radius 3 is 2.83 bits per heavy atom. The first-order valence-electron chi connectivity index (χ1n) is 1.65. The lowest BCUT2D eigenvalue weighted by Crippen LogP contribution is -1.54. The summed E-state index contributed by atoms with van der Waals surface area (Å²) >= 11 is 0. The van der Waals surface area contributed by atoms with Crippen molar-refractivity contribution in [3.05, 3.63) is 0 Å². The molecule has 0 aliphatic carbocycles. The molecule has 0 radical (unpaired) electrons. The molecule has 1 aliphatic rings. The van der Waals surface area contributed by atoms with Crippen molar-refractivity contribution in [3.8, 4) is 0 Å². The summed E-state index contributed by atoms with van der Waals surface area (Å²) < 4.78 is 8.59. The highest BCUT2D eigenvalue weighted by atomic mass is 31.1. The maximum Gasteiger partial charge on any atom is 0.140 e. The standard InChI is InChI=1S/C2H5NOP2/c5-3-6-2-1-4-2/h2H,1,5H2. The van der Waals surface area contributed by atoms with Crippen LogP contribution in [-0.2, 0) is 4.74 Å². The molecule has 1 saturated heterocycles. The molecule has 0 bridgehead atoms. The van der Waals surface area contributed by atoms with Gasteiger partial charge < -0.3 is 4.74 Å². The largest absolute Gasteiger partial charge is 0.362 e. The summed E-state index contributed by atoms with van der Waals surface area (Å²) in [6, 6.07) is 0. The van der Waals surface area contributed by atoms with Gasteiger partial charge in [0.15, 0.2) is 0 Å². The van der Waals surface area contributed by atoms with Gasteiger partial charge in [-0.15, -0.1) is 0 Å². The van der Waals surface area contributed by atoms with Gasteiger partial charge in [0, 0.05) is 8.37 Å². The molecule has 6 heavy (non-hydrogen) atoms. The first-order chi connectivity index (χ1) is 2.93. The van der Waals surface area contributed by atoms with Gasteiger partial charge in [-0.25, -0.2) is 4.52 Å². The van der Waals surface area contributed by atoms with Crippen LogP contribution in [0.15, 0.2) is 4.52 Å². The average Bonchev–Trinajstić information content (AvgIpc) is 2.21. The van der Waals surface area contributed by atoms with Gasteiger partial charge in [0.1, 0.15) is 5.85 Å². The minimum atomic E-state index is 0.433. The summed E-state index contributed by atoms with van der Waals surface area (Å²) in [4.78, 5) is 0. The van der Waals surface area contributed by atoms with Crippen molar-refractivity contribution >= 4 is 17.8 Å². The van der Waals surface area contributed by atoms with Gasteiger partial charge in [0.05, 0.1) is 6.61 Å². The third kappa shape index (κ3) is 1.30. The monoisotopic (exact) mass is 121 g/mol. The van der Waals surface area contributed by atoms with E-state index in [4.69, 9.17) is 4.74 Å². The van der Waals surface area contributed by atoms with E-state index < -0.39 is 0 Å². The Balaban J connectivity index is 2.15. The van der Waals surface area contributed by atoms with E-state index in [1.807, 2.05) is 0 Å². The van der Waals surface area contributed by atoms with Crippen LogP contribution in [0.3, 0.4) is 0 Å². The summed E-state index contributed by atoms with van der Waals surface area (Å²) in [5.74, 6) is 0.433. The highest BCUT2D eigenvalue weighted by Gasteiger charge is 2.19. The van der Waals surface area contributed by atoms with Crippen molar-refractivity contribution in [2.45, 2.75) is 5.85 Å².